The van der Waals surface area contributed by atoms with Crippen molar-refractivity contribution in [3.8, 4) is 5.75 Å². The van der Waals surface area contributed by atoms with Crippen molar-refractivity contribution in [1.29, 1.82) is 0 Å². The Bertz CT molecular complexity index is 1120. The Labute approximate surface area is 234 Å². The van der Waals surface area contributed by atoms with Crippen LogP contribution in [0.15, 0.2) is 29.3 Å². The van der Waals surface area contributed by atoms with Gasteiger partial charge in [0.15, 0.2) is 5.96 Å². The molecule has 4 atom stereocenters. The number of carbonyl (C=O) groups excluding carboxylic acids is 3. The van der Waals surface area contributed by atoms with Gasteiger partial charge in [-0.1, -0.05) is 12.1 Å². The van der Waals surface area contributed by atoms with Crippen LogP contribution in [-0.4, -0.2) is 92.7 Å². The predicted molar refractivity (Wildman–Crippen MR) is 142 cm³/mol. The predicted octanol–water partition coefficient (Wildman–Crippen LogP) is -2.81. The first-order valence-corrected chi connectivity index (χ1v) is 12.4. The number of phenolic OH excluding ortho intramolecular Hbond substituents is 1. The van der Waals surface area contributed by atoms with E-state index in [4.69, 9.17) is 27.4 Å². The number of carbonyl (C=O) groups is 6. The molecule has 0 radical (unpaired) electrons. The lowest BCUT2D eigenvalue weighted by Gasteiger charge is -2.25. The molecule has 0 aliphatic rings. The Morgan fingerprint density at radius 2 is 1.32 bits per heavy atom. The van der Waals surface area contributed by atoms with Crippen LogP contribution in [0.25, 0.3) is 0 Å². The normalized spacial score (nSPS) is 13.5. The van der Waals surface area contributed by atoms with Gasteiger partial charge in [-0.2, -0.15) is 0 Å². The number of phenols is 1. The van der Waals surface area contributed by atoms with Crippen molar-refractivity contribution in [1.82, 2.24) is 16.0 Å². The number of guanidine groups is 1. The summed E-state index contributed by atoms with van der Waals surface area (Å²) in [5, 5.41) is 43.9. The van der Waals surface area contributed by atoms with Crippen LogP contribution in [0.4, 0.5) is 0 Å². The van der Waals surface area contributed by atoms with Crippen LogP contribution in [0.1, 0.15) is 37.7 Å². The van der Waals surface area contributed by atoms with Gasteiger partial charge in [0.25, 0.3) is 0 Å². The van der Waals surface area contributed by atoms with E-state index >= 15 is 0 Å². The lowest BCUT2D eigenvalue weighted by Crippen LogP contribution is -2.57. The third-order valence-corrected chi connectivity index (χ3v) is 5.58. The highest BCUT2D eigenvalue weighted by Gasteiger charge is 2.31. The van der Waals surface area contributed by atoms with E-state index in [1.54, 1.807) is 0 Å². The summed E-state index contributed by atoms with van der Waals surface area (Å²) in [7, 11) is 0. The molecule has 0 fully saturated rings. The van der Waals surface area contributed by atoms with Gasteiger partial charge in [-0.05, 0) is 37.0 Å². The molecule has 0 saturated heterocycles. The molecule has 0 aliphatic heterocycles. The van der Waals surface area contributed by atoms with Gasteiger partial charge < -0.3 is 53.6 Å². The van der Waals surface area contributed by atoms with E-state index in [9.17, 15) is 39.0 Å². The average molecular weight is 582 g/mol. The van der Waals surface area contributed by atoms with Crippen LogP contribution in [0, 0.1) is 0 Å². The number of amides is 3. The van der Waals surface area contributed by atoms with Gasteiger partial charge in [0.2, 0.25) is 17.7 Å². The highest BCUT2D eigenvalue weighted by Crippen LogP contribution is 2.12. The van der Waals surface area contributed by atoms with Gasteiger partial charge in [0, 0.05) is 19.4 Å². The quantitative estimate of drug-likeness (QED) is 0.0476. The smallest absolute Gasteiger partial charge is 0.326 e. The molecule has 13 N–H and O–H groups in total. The fourth-order valence-corrected chi connectivity index (χ4v) is 3.48. The number of carboxylic acid groups (broad SMARTS) is 3. The number of aliphatic imine (C=N–C) groups is 1. The molecule has 41 heavy (non-hydrogen) atoms. The number of nitrogens with zero attached hydrogens (tertiary/aromatic N) is 1. The molecule has 0 saturated carbocycles. The van der Waals surface area contributed by atoms with Crippen LogP contribution in [0.2, 0.25) is 0 Å². The number of hydrogen-bond acceptors (Lipinski definition) is 9. The van der Waals surface area contributed by atoms with Crippen molar-refractivity contribution in [2.75, 3.05) is 6.54 Å². The van der Waals surface area contributed by atoms with Crippen LogP contribution in [-0.2, 0) is 35.2 Å². The van der Waals surface area contributed by atoms with E-state index in [1.807, 2.05) is 0 Å². The molecule has 0 bridgehead atoms. The van der Waals surface area contributed by atoms with Crippen LogP contribution in [0.3, 0.4) is 0 Å². The first kappa shape index (κ1) is 34.1. The topological polar surface area (TPSA) is 310 Å². The summed E-state index contributed by atoms with van der Waals surface area (Å²) < 4.78 is 0. The maximum absolute atomic E-state index is 13.1. The monoisotopic (exact) mass is 581 g/mol. The number of nitrogens with two attached hydrogens (primary N) is 3. The molecule has 17 nitrogen and oxygen atoms in total. The van der Waals surface area contributed by atoms with Crippen LogP contribution >= 0.6 is 0 Å². The summed E-state index contributed by atoms with van der Waals surface area (Å²) in [5.41, 5.74) is 16.6. The van der Waals surface area contributed by atoms with Gasteiger partial charge in [-0.15, -0.1) is 0 Å². The summed E-state index contributed by atoms with van der Waals surface area (Å²) in [6.45, 7) is 0.0566. The second-order valence-corrected chi connectivity index (χ2v) is 8.98. The Morgan fingerprint density at radius 1 is 0.780 bits per heavy atom. The minimum atomic E-state index is -1.54. The van der Waals surface area contributed by atoms with Crippen molar-refractivity contribution >= 4 is 41.6 Å². The number of hydrogen-bond donors (Lipinski definition) is 10. The molecule has 0 spiro atoms. The van der Waals surface area contributed by atoms with Crippen LogP contribution < -0.4 is 33.2 Å². The maximum atomic E-state index is 13.1. The molecule has 3 amide bonds. The zero-order chi connectivity index (χ0) is 31.1. The Kier molecular flexibility index (Phi) is 14.1. The molecule has 17 heteroatoms. The number of rotatable bonds is 18. The van der Waals surface area contributed by atoms with Crippen molar-refractivity contribution in [2.45, 2.75) is 62.7 Å². The molecule has 1 rings (SSSR count). The van der Waals surface area contributed by atoms with Crippen molar-refractivity contribution < 1.29 is 49.2 Å². The SMILES string of the molecule is NC(N)=NCCCC(NC(=O)C(CCC(=O)O)NC(=O)C(N)CC(=O)O)C(=O)NC(Cc1ccc(O)cc1)C(=O)O. The lowest BCUT2D eigenvalue weighted by molar-refractivity contribution is -0.142. The Hall–Kier alpha value is -4.93. The molecule has 0 aromatic heterocycles. The zero-order valence-electron chi connectivity index (χ0n) is 22.0. The van der Waals surface area contributed by atoms with E-state index in [1.165, 1.54) is 24.3 Å². The number of nitrogens with one attached hydrogen (secondary N) is 3. The average Bonchev–Trinajstić information content (AvgIpc) is 2.87. The molecule has 4 unspecified atom stereocenters. The second kappa shape index (κ2) is 16.9. The van der Waals surface area contributed by atoms with E-state index in [0.29, 0.717) is 5.56 Å². The minimum Gasteiger partial charge on any atom is -0.508 e. The molecular weight excluding hydrogens is 546 g/mol. The second-order valence-electron chi connectivity index (χ2n) is 8.98. The van der Waals surface area contributed by atoms with Gasteiger partial charge in [-0.25, -0.2) is 4.79 Å². The van der Waals surface area contributed by atoms with Gasteiger partial charge in [0.1, 0.15) is 23.9 Å². The summed E-state index contributed by atoms with van der Waals surface area (Å²) >= 11 is 0. The minimum absolute atomic E-state index is 0.0401. The fourth-order valence-electron chi connectivity index (χ4n) is 3.48. The first-order valence-electron chi connectivity index (χ1n) is 12.4. The standard InChI is InChI=1S/C24H35N7O10/c25-14(11-19(35)36)20(37)29-16(7-8-18(33)34)22(39)30-15(2-1-9-28-24(26)27)21(38)31-17(23(40)41)10-12-3-5-13(32)6-4-12/h3-6,14-17,32H,1-2,7-11,25H2,(H,29,37)(H,30,39)(H,31,38)(H,33,34)(H,35,36)(H,40,41)(H4,26,27,28). The highest BCUT2D eigenvalue weighted by atomic mass is 16.4. The molecule has 226 valence electrons. The molecule has 1 aromatic rings. The Balaban J connectivity index is 3.12. The summed E-state index contributed by atoms with van der Waals surface area (Å²) in [4.78, 5) is 76.1. The van der Waals surface area contributed by atoms with Gasteiger partial charge in [0.05, 0.1) is 12.5 Å². The largest absolute Gasteiger partial charge is 0.508 e. The number of aliphatic carboxylic acids is 3. The highest BCUT2D eigenvalue weighted by molar-refractivity contribution is 5.95. The fraction of sp³-hybridized carbons (Fsp3) is 0.458. The summed E-state index contributed by atoms with van der Waals surface area (Å²) in [6.07, 6.45) is -1.84. The molecule has 0 heterocycles. The van der Waals surface area contributed by atoms with Crippen molar-refractivity contribution in [3.63, 3.8) is 0 Å². The van der Waals surface area contributed by atoms with E-state index in [0.717, 1.165) is 0 Å². The number of benzene rings is 1. The summed E-state index contributed by atoms with van der Waals surface area (Å²) in [5.74, 6) is -7.24. The Morgan fingerprint density at radius 3 is 1.83 bits per heavy atom. The first-order chi connectivity index (χ1) is 19.2. The zero-order valence-corrected chi connectivity index (χ0v) is 22.0. The molecule has 1 aromatic carbocycles. The van der Waals surface area contributed by atoms with E-state index in [-0.39, 0.29) is 37.5 Å². The molecular formula is C24H35N7O10. The van der Waals surface area contributed by atoms with E-state index in [2.05, 4.69) is 20.9 Å². The van der Waals surface area contributed by atoms with Crippen molar-refractivity contribution in [3.05, 3.63) is 29.8 Å². The lowest BCUT2D eigenvalue weighted by atomic mass is 10.0. The third kappa shape index (κ3) is 13.6. The number of carboxylic acids is 3. The van der Waals surface area contributed by atoms with Gasteiger partial charge >= 0.3 is 17.9 Å². The van der Waals surface area contributed by atoms with Crippen molar-refractivity contribution in [2.24, 2.45) is 22.2 Å². The van der Waals surface area contributed by atoms with E-state index < -0.39 is 79.1 Å². The maximum Gasteiger partial charge on any atom is 0.326 e. The summed E-state index contributed by atoms with van der Waals surface area (Å²) in [6, 6.07) is -0.224. The molecule has 0 aliphatic carbocycles. The van der Waals surface area contributed by atoms with Gasteiger partial charge in [-0.3, -0.25) is 29.0 Å². The number of aromatic hydroxyl groups is 1. The van der Waals surface area contributed by atoms with Crippen LogP contribution in [0.5, 0.6) is 5.75 Å². The third-order valence-electron chi connectivity index (χ3n) is 5.58.